The van der Waals surface area contributed by atoms with E-state index in [0.29, 0.717) is 12.1 Å². The Morgan fingerprint density at radius 2 is 1.94 bits per heavy atom. The molecule has 0 spiro atoms. The second kappa shape index (κ2) is 6.32. The van der Waals surface area contributed by atoms with E-state index >= 15 is 0 Å². The van der Waals surface area contributed by atoms with Crippen molar-refractivity contribution in [2.45, 2.75) is 25.4 Å². The lowest BCUT2D eigenvalue weighted by molar-refractivity contribution is 0.0564. The molecule has 1 aliphatic heterocycles. The monoisotopic (exact) mass is 247 g/mol. The second-order valence-corrected chi connectivity index (χ2v) is 5.41. The number of nitrogens with zero attached hydrogens (tertiary/aromatic N) is 2. The van der Waals surface area contributed by atoms with Crippen LogP contribution in [-0.4, -0.2) is 55.1 Å². The standard InChI is InChI=1S/C15H25N3/c1-13-11-18(15(10-16)12-17(13)2)9-8-14-6-4-3-5-7-14/h3-7,13,15H,8-12,16H2,1-2H3. The normalized spacial score (nSPS) is 26.4. The highest BCUT2D eigenvalue weighted by Gasteiger charge is 2.27. The van der Waals surface area contributed by atoms with Crippen LogP contribution in [0.25, 0.3) is 0 Å². The van der Waals surface area contributed by atoms with Crippen molar-refractivity contribution in [3.63, 3.8) is 0 Å². The molecule has 3 nitrogen and oxygen atoms in total. The molecule has 1 fully saturated rings. The minimum absolute atomic E-state index is 0.509. The molecule has 0 aromatic heterocycles. The molecule has 2 unspecified atom stereocenters. The summed E-state index contributed by atoms with van der Waals surface area (Å²) in [7, 11) is 2.20. The predicted molar refractivity (Wildman–Crippen MR) is 76.7 cm³/mol. The lowest BCUT2D eigenvalue weighted by Crippen LogP contribution is -2.58. The van der Waals surface area contributed by atoms with Crippen LogP contribution >= 0.6 is 0 Å². The number of benzene rings is 1. The van der Waals surface area contributed by atoms with Crippen molar-refractivity contribution in [1.29, 1.82) is 0 Å². The molecule has 2 rings (SSSR count). The van der Waals surface area contributed by atoms with Gasteiger partial charge in [0.15, 0.2) is 0 Å². The van der Waals surface area contributed by atoms with Gasteiger partial charge < -0.3 is 10.6 Å². The molecule has 2 N–H and O–H groups in total. The van der Waals surface area contributed by atoms with Gasteiger partial charge in [-0.25, -0.2) is 0 Å². The molecule has 100 valence electrons. The summed E-state index contributed by atoms with van der Waals surface area (Å²) in [6.07, 6.45) is 1.12. The Morgan fingerprint density at radius 1 is 1.22 bits per heavy atom. The molecule has 0 saturated carbocycles. The number of rotatable bonds is 4. The maximum absolute atomic E-state index is 5.90. The van der Waals surface area contributed by atoms with Crippen molar-refractivity contribution in [2.24, 2.45) is 5.73 Å². The van der Waals surface area contributed by atoms with E-state index in [9.17, 15) is 0 Å². The van der Waals surface area contributed by atoms with Crippen LogP contribution in [-0.2, 0) is 6.42 Å². The van der Waals surface area contributed by atoms with Gasteiger partial charge in [0.25, 0.3) is 0 Å². The Balaban J connectivity index is 1.91. The Labute approximate surface area is 111 Å². The number of likely N-dealkylation sites (N-methyl/N-ethyl adjacent to an activating group) is 1. The Bertz CT molecular complexity index is 352. The molecule has 1 saturated heterocycles. The summed E-state index contributed by atoms with van der Waals surface area (Å²) in [5.41, 5.74) is 7.32. The van der Waals surface area contributed by atoms with Crippen molar-refractivity contribution >= 4 is 0 Å². The molecule has 1 aliphatic rings. The lowest BCUT2D eigenvalue weighted by Gasteiger charge is -2.43. The first-order chi connectivity index (χ1) is 8.70. The van der Waals surface area contributed by atoms with E-state index in [1.54, 1.807) is 0 Å². The zero-order valence-electron chi connectivity index (χ0n) is 11.5. The minimum Gasteiger partial charge on any atom is -0.329 e. The van der Waals surface area contributed by atoms with Crippen molar-refractivity contribution in [2.75, 3.05) is 33.2 Å². The molecule has 0 radical (unpaired) electrons. The van der Waals surface area contributed by atoms with Crippen LogP contribution in [0.2, 0.25) is 0 Å². The Kier molecular flexibility index (Phi) is 4.75. The fourth-order valence-corrected chi connectivity index (χ4v) is 2.67. The molecule has 0 bridgehead atoms. The first-order valence-corrected chi connectivity index (χ1v) is 6.89. The van der Waals surface area contributed by atoms with Gasteiger partial charge in [-0.15, -0.1) is 0 Å². The number of nitrogens with two attached hydrogens (primary N) is 1. The van der Waals surface area contributed by atoms with Crippen LogP contribution in [0.1, 0.15) is 12.5 Å². The molecule has 3 heteroatoms. The highest BCUT2D eigenvalue weighted by atomic mass is 15.3. The zero-order chi connectivity index (χ0) is 13.0. The summed E-state index contributed by atoms with van der Waals surface area (Å²) >= 11 is 0. The highest BCUT2D eigenvalue weighted by molar-refractivity contribution is 5.15. The van der Waals surface area contributed by atoms with E-state index in [0.717, 1.165) is 32.6 Å². The van der Waals surface area contributed by atoms with Gasteiger partial charge in [-0.1, -0.05) is 30.3 Å². The maximum Gasteiger partial charge on any atom is 0.0346 e. The van der Waals surface area contributed by atoms with Gasteiger partial charge in [0.1, 0.15) is 0 Å². The zero-order valence-corrected chi connectivity index (χ0v) is 11.5. The molecule has 0 amide bonds. The fourth-order valence-electron chi connectivity index (χ4n) is 2.67. The first-order valence-electron chi connectivity index (χ1n) is 6.89. The maximum atomic E-state index is 5.90. The molecule has 0 aliphatic carbocycles. The third kappa shape index (κ3) is 3.31. The molecule has 1 heterocycles. The van der Waals surface area contributed by atoms with Gasteiger partial charge in [0.2, 0.25) is 0 Å². The van der Waals surface area contributed by atoms with Gasteiger partial charge >= 0.3 is 0 Å². The molecule has 18 heavy (non-hydrogen) atoms. The molecule has 2 atom stereocenters. The number of hydrogen-bond acceptors (Lipinski definition) is 3. The second-order valence-electron chi connectivity index (χ2n) is 5.41. The van der Waals surface area contributed by atoms with Crippen molar-refractivity contribution in [1.82, 2.24) is 9.80 Å². The van der Waals surface area contributed by atoms with Crippen molar-refractivity contribution in [3.8, 4) is 0 Å². The number of piperazine rings is 1. The van der Waals surface area contributed by atoms with Crippen LogP contribution in [0.4, 0.5) is 0 Å². The van der Waals surface area contributed by atoms with Crippen molar-refractivity contribution < 1.29 is 0 Å². The summed E-state index contributed by atoms with van der Waals surface area (Å²) in [6.45, 7) is 6.38. The van der Waals surface area contributed by atoms with E-state index in [1.807, 2.05) is 0 Å². The molecular weight excluding hydrogens is 222 g/mol. The molecular formula is C15H25N3. The first kappa shape index (κ1) is 13.5. The van der Waals surface area contributed by atoms with Crippen LogP contribution in [0, 0.1) is 0 Å². The minimum atomic E-state index is 0.509. The fraction of sp³-hybridized carbons (Fsp3) is 0.600. The smallest absolute Gasteiger partial charge is 0.0346 e. The van der Waals surface area contributed by atoms with Gasteiger partial charge in [0, 0.05) is 38.3 Å². The Hall–Kier alpha value is -0.900. The van der Waals surface area contributed by atoms with E-state index in [2.05, 4.69) is 54.1 Å². The van der Waals surface area contributed by atoms with Gasteiger partial charge in [-0.2, -0.15) is 0 Å². The molecule has 1 aromatic rings. The topological polar surface area (TPSA) is 32.5 Å². The van der Waals surface area contributed by atoms with Crippen LogP contribution in [0.15, 0.2) is 30.3 Å². The van der Waals surface area contributed by atoms with E-state index < -0.39 is 0 Å². The lowest BCUT2D eigenvalue weighted by atomic mass is 10.1. The van der Waals surface area contributed by atoms with E-state index in [4.69, 9.17) is 5.73 Å². The van der Waals surface area contributed by atoms with Crippen LogP contribution in [0.3, 0.4) is 0 Å². The van der Waals surface area contributed by atoms with E-state index in [1.165, 1.54) is 5.56 Å². The van der Waals surface area contributed by atoms with Crippen molar-refractivity contribution in [3.05, 3.63) is 35.9 Å². The summed E-state index contributed by atoms with van der Waals surface area (Å²) in [5.74, 6) is 0. The number of hydrogen-bond donors (Lipinski definition) is 1. The third-order valence-electron chi connectivity index (χ3n) is 4.07. The predicted octanol–water partition coefficient (Wildman–Crippen LogP) is 1.19. The average Bonchev–Trinajstić information content (AvgIpc) is 2.41. The Morgan fingerprint density at radius 3 is 2.61 bits per heavy atom. The van der Waals surface area contributed by atoms with Crippen LogP contribution in [0.5, 0.6) is 0 Å². The van der Waals surface area contributed by atoms with E-state index in [-0.39, 0.29) is 0 Å². The third-order valence-corrected chi connectivity index (χ3v) is 4.07. The highest BCUT2D eigenvalue weighted by Crippen LogP contribution is 2.14. The van der Waals surface area contributed by atoms with Gasteiger partial charge in [-0.05, 0) is 26.0 Å². The molecule has 1 aromatic carbocycles. The summed E-state index contributed by atoms with van der Waals surface area (Å²) in [6, 6.07) is 11.8. The average molecular weight is 247 g/mol. The quantitative estimate of drug-likeness (QED) is 0.867. The van der Waals surface area contributed by atoms with Crippen LogP contribution < -0.4 is 5.73 Å². The van der Waals surface area contributed by atoms with Gasteiger partial charge in [0.05, 0.1) is 0 Å². The summed E-state index contributed by atoms with van der Waals surface area (Å²) in [4.78, 5) is 4.97. The largest absolute Gasteiger partial charge is 0.329 e. The summed E-state index contributed by atoms with van der Waals surface area (Å²) < 4.78 is 0. The van der Waals surface area contributed by atoms with Gasteiger partial charge in [-0.3, -0.25) is 4.90 Å². The SMILES string of the molecule is CC1CN(CCc2ccccc2)C(CN)CN1C. The summed E-state index contributed by atoms with van der Waals surface area (Å²) in [5, 5.41) is 0.